The van der Waals surface area contributed by atoms with Crippen LogP contribution in [0.1, 0.15) is 53.4 Å². The van der Waals surface area contributed by atoms with Crippen molar-refractivity contribution in [2.24, 2.45) is 0 Å². The van der Waals surface area contributed by atoms with Gasteiger partial charge >= 0.3 is 0 Å². The Bertz CT molecular complexity index is 1350. The summed E-state index contributed by atoms with van der Waals surface area (Å²) in [5, 5.41) is 10.6. The summed E-state index contributed by atoms with van der Waals surface area (Å²) in [5.74, 6) is -0.707. The number of nitrogens with two attached hydrogens (primary N) is 1. The molecule has 0 radical (unpaired) electrons. The zero-order valence-electron chi connectivity index (χ0n) is 19.0. The number of H-pyrrole nitrogens is 1. The molecule has 0 unspecified atom stereocenters. The molecule has 12 heteroatoms. The number of Topliss-reactive ketones (excluding diaryl/α,β-unsaturated/α-hetero) is 1. The van der Waals surface area contributed by atoms with Crippen LogP contribution >= 0.6 is 0 Å². The monoisotopic (exact) mass is 465 g/mol. The number of hydrogen-bond acceptors (Lipinski definition) is 8. The topological polar surface area (TPSA) is 148 Å². The summed E-state index contributed by atoms with van der Waals surface area (Å²) in [5.41, 5.74) is 8.51. The quantitative estimate of drug-likeness (QED) is 0.377. The number of nitrogens with zero attached hydrogens (tertiary/aromatic N) is 7. The van der Waals surface area contributed by atoms with E-state index in [2.05, 4.69) is 25.3 Å². The molecule has 3 N–H and O–H groups in total. The predicted molar refractivity (Wildman–Crippen MR) is 121 cm³/mol. The number of aromatic nitrogens is 7. The molecule has 176 valence electrons. The van der Waals surface area contributed by atoms with Gasteiger partial charge in [0, 0.05) is 30.4 Å². The van der Waals surface area contributed by atoms with Crippen molar-refractivity contribution in [1.29, 1.82) is 0 Å². The van der Waals surface area contributed by atoms with Crippen molar-refractivity contribution in [2.75, 3.05) is 12.8 Å². The van der Waals surface area contributed by atoms with Crippen molar-refractivity contribution >= 4 is 23.2 Å². The minimum absolute atomic E-state index is 0.145. The fraction of sp³-hybridized carbons (Fsp3) is 0.318. The first-order valence-corrected chi connectivity index (χ1v) is 10.7. The molecule has 4 aromatic heterocycles. The van der Waals surface area contributed by atoms with Crippen molar-refractivity contribution in [2.45, 2.75) is 39.2 Å². The van der Waals surface area contributed by atoms with Crippen LogP contribution in [0.5, 0.6) is 0 Å². The van der Waals surface area contributed by atoms with Gasteiger partial charge in [-0.3, -0.25) is 19.7 Å². The number of rotatable bonds is 8. The van der Waals surface area contributed by atoms with Crippen molar-refractivity contribution in [1.82, 2.24) is 39.7 Å². The van der Waals surface area contributed by atoms with E-state index in [1.807, 2.05) is 6.92 Å². The van der Waals surface area contributed by atoms with Gasteiger partial charge < -0.3 is 10.6 Å². The molecule has 0 saturated heterocycles. The lowest BCUT2D eigenvalue weighted by molar-refractivity contribution is 0.0707. The van der Waals surface area contributed by atoms with Crippen LogP contribution in [0, 0.1) is 5.82 Å². The molecule has 0 aliphatic heterocycles. The number of halogens is 1. The fourth-order valence-corrected chi connectivity index (χ4v) is 4.01. The summed E-state index contributed by atoms with van der Waals surface area (Å²) >= 11 is 0. The third kappa shape index (κ3) is 4.21. The summed E-state index contributed by atoms with van der Waals surface area (Å²) in [4.78, 5) is 39.2. The first kappa shape index (κ1) is 23.0. The van der Waals surface area contributed by atoms with Gasteiger partial charge in [0.15, 0.2) is 11.4 Å². The van der Waals surface area contributed by atoms with E-state index in [4.69, 9.17) is 10.7 Å². The zero-order valence-corrected chi connectivity index (χ0v) is 19.0. The minimum Gasteiger partial charge on any atom is -0.383 e. The summed E-state index contributed by atoms with van der Waals surface area (Å²) in [6.07, 6.45) is 7.00. The van der Waals surface area contributed by atoms with E-state index in [-0.39, 0.29) is 34.9 Å². The maximum Gasteiger partial charge on any atom is 0.291 e. The zero-order chi connectivity index (χ0) is 24.4. The Balaban J connectivity index is 1.69. The second kappa shape index (κ2) is 9.33. The standard InChI is InChI=1S/C22H24FN9O2/c1-4-15(31(3)22(34)20-26-11-27-30-20)5-6-17-18(12(2)33)19(24)32-21(29-17)16(10-28-32)13-7-14(23)9-25-8-13/h7-11,15H,4-6,24H2,1-3H3,(H,26,27,30)/t15-/m1/s1. The lowest BCUT2D eigenvalue weighted by Gasteiger charge is -2.26. The average molecular weight is 465 g/mol. The van der Waals surface area contributed by atoms with Crippen molar-refractivity contribution in [3.8, 4) is 11.1 Å². The van der Waals surface area contributed by atoms with E-state index in [1.165, 1.54) is 36.2 Å². The first-order valence-electron chi connectivity index (χ1n) is 10.7. The Hall–Kier alpha value is -4.22. The molecule has 0 fully saturated rings. The van der Waals surface area contributed by atoms with Gasteiger partial charge in [-0.25, -0.2) is 14.4 Å². The van der Waals surface area contributed by atoms with Gasteiger partial charge in [-0.05, 0) is 32.3 Å². The van der Waals surface area contributed by atoms with E-state index < -0.39 is 5.82 Å². The number of anilines is 1. The number of ketones is 1. The van der Waals surface area contributed by atoms with Crippen LogP contribution in [-0.4, -0.2) is 64.4 Å². The summed E-state index contributed by atoms with van der Waals surface area (Å²) in [6, 6.07) is 1.19. The third-order valence-electron chi connectivity index (χ3n) is 5.80. The van der Waals surface area contributed by atoms with Gasteiger partial charge in [-0.15, -0.1) is 0 Å². The number of amides is 1. The van der Waals surface area contributed by atoms with Gasteiger partial charge in [0.2, 0.25) is 5.82 Å². The van der Waals surface area contributed by atoms with Gasteiger partial charge in [0.1, 0.15) is 18.0 Å². The largest absolute Gasteiger partial charge is 0.383 e. The smallest absolute Gasteiger partial charge is 0.291 e. The van der Waals surface area contributed by atoms with Crippen LogP contribution in [0.4, 0.5) is 10.2 Å². The van der Waals surface area contributed by atoms with E-state index in [0.717, 1.165) is 6.20 Å². The van der Waals surface area contributed by atoms with E-state index in [1.54, 1.807) is 11.9 Å². The molecule has 0 aromatic carbocycles. The normalized spacial score (nSPS) is 12.1. The van der Waals surface area contributed by atoms with Crippen LogP contribution in [0.15, 0.2) is 31.0 Å². The van der Waals surface area contributed by atoms with Gasteiger partial charge in [-0.2, -0.15) is 14.7 Å². The van der Waals surface area contributed by atoms with Gasteiger partial charge in [-0.1, -0.05) is 6.92 Å². The van der Waals surface area contributed by atoms with Crippen molar-refractivity contribution < 1.29 is 14.0 Å². The molecule has 0 bridgehead atoms. The summed E-state index contributed by atoms with van der Waals surface area (Å²) < 4.78 is 15.1. The highest BCUT2D eigenvalue weighted by Gasteiger charge is 2.25. The maximum atomic E-state index is 13.8. The van der Waals surface area contributed by atoms with Gasteiger partial charge in [0.05, 0.1) is 23.7 Å². The number of carbonyl (C=O) groups is 2. The Morgan fingerprint density at radius 2 is 2.09 bits per heavy atom. The molecular weight excluding hydrogens is 441 g/mol. The Labute approximate surface area is 194 Å². The van der Waals surface area contributed by atoms with E-state index in [9.17, 15) is 14.0 Å². The van der Waals surface area contributed by atoms with Crippen molar-refractivity contribution in [3.63, 3.8) is 0 Å². The molecular formula is C22H24FN9O2. The van der Waals surface area contributed by atoms with E-state index >= 15 is 0 Å². The molecule has 4 rings (SSSR count). The Morgan fingerprint density at radius 3 is 2.74 bits per heavy atom. The molecule has 1 amide bonds. The highest BCUT2D eigenvalue weighted by Crippen LogP contribution is 2.28. The second-order valence-corrected chi connectivity index (χ2v) is 7.91. The number of aromatic amines is 1. The lowest BCUT2D eigenvalue weighted by Crippen LogP contribution is -2.37. The van der Waals surface area contributed by atoms with Crippen LogP contribution in [-0.2, 0) is 6.42 Å². The second-order valence-electron chi connectivity index (χ2n) is 7.91. The van der Waals surface area contributed by atoms with Crippen LogP contribution < -0.4 is 5.73 Å². The molecule has 0 saturated carbocycles. The summed E-state index contributed by atoms with van der Waals surface area (Å²) in [7, 11) is 1.70. The summed E-state index contributed by atoms with van der Waals surface area (Å²) in [6.45, 7) is 3.39. The fourth-order valence-electron chi connectivity index (χ4n) is 4.01. The average Bonchev–Trinajstić information content (AvgIpc) is 3.49. The molecule has 0 spiro atoms. The number of carbonyl (C=O) groups excluding carboxylic acids is 2. The molecule has 34 heavy (non-hydrogen) atoms. The molecule has 0 aliphatic carbocycles. The minimum atomic E-state index is -0.490. The Morgan fingerprint density at radius 1 is 1.29 bits per heavy atom. The number of pyridine rings is 1. The molecule has 4 aromatic rings. The molecule has 11 nitrogen and oxygen atoms in total. The number of hydrogen-bond donors (Lipinski definition) is 2. The maximum absolute atomic E-state index is 13.8. The first-order chi connectivity index (χ1) is 16.3. The molecule has 4 heterocycles. The SMILES string of the molecule is CC[C@H](CCc1nc2c(-c3cncc(F)c3)cnn2c(N)c1C(C)=O)N(C)C(=O)c1ncn[nH]1. The van der Waals surface area contributed by atoms with Crippen LogP contribution in [0.3, 0.4) is 0 Å². The number of nitrogens with one attached hydrogen (secondary N) is 1. The third-order valence-corrected chi connectivity index (χ3v) is 5.80. The lowest BCUT2D eigenvalue weighted by atomic mass is 10.0. The Kier molecular flexibility index (Phi) is 6.30. The number of aryl methyl sites for hydroxylation is 1. The highest BCUT2D eigenvalue weighted by atomic mass is 19.1. The number of fused-ring (bicyclic) bond motifs is 1. The predicted octanol–water partition coefficient (Wildman–Crippen LogP) is 2.32. The van der Waals surface area contributed by atoms with Gasteiger partial charge in [0.25, 0.3) is 5.91 Å². The van der Waals surface area contributed by atoms with Crippen LogP contribution in [0.25, 0.3) is 16.8 Å². The highest BCUT2D eigenvalue weighted by molar-refractivity contribution is 6.00. The van der Waals surface area contributed by atoms with E-state index in [0.29, 0.717) is 41.7 Å². The van der Waals surface area contributed by atoms with Crippen molar-refractivity contribution in [3.05, 3.63) is 53.9 Å². The number of nitrogen functional groups attached to an aromatic ring is 1. The van der Waals surface area contributed by atoms with Crippen LogP contribution in [0.2, 0.25) is 0 Å². The molecule has 1 atom stereocenters. The molecule has 0 aliphatic rings.